The summed E-state index contributed by atoms with van der Waals surface area (Å²) < 4.78 is 13.5. The number of thioether (sulfide) groups is 1. The van der Waals surface area contributed by atoms with Crippen molar-refractivity contribution in [3.63, 3.8) is 0 Å². The monoisotopic (exact) mass is 340 g/mol. The number of unbranched alkanes of at least 4 members (excludes halogenated alkanes) is 2. The Bertz CT molecular complexity index is 527. The topological polar surface area (TPSA) is 52.6 Å². The van der Waals surface area contributed by atoms with Crippen LogP contribution in [0, 0.1) is 5.82 Å². The molecule has 0 saturated carbocycles. The number of fused-ring (bicyclic) bond motifs is 1. The Balaban J connectivity index is 2.02. The zero-order valence-corrected chi connectivity index (χ0v) is 14.4. The van der Waals surface area contributed by atoms with Gasteiger partial charge in [0.2, 0.25) is 0 Å². The highest BCUT2D eigenvalue weighted by Crippen LogP contribution is 2.36. The Morgan fingerprint density at radius 2 is 2.26 bits per heavy atom. The Hall–Kier alpha value is -1.27. The second-order valence-corrected chi connectivity index (χ2v) is 6.88. The van der Waals surface area contributed by atoms with Gasteiger partial charge >= 0.3 is 6.03 Å². The van der Waals surface area contributed by atoms with Crippen molar-refractivity contribution in [3.8, 4) is 0 Å². The van der Waals surface area contributed by atoms with Crippen molar-refractivity contribution in [1.82, 2.24) is 10.2 Å². The minimum atomic E-state index is -0.277. The molecule has 1 aliphatic rings. The molecule has 1 aromatic rings. The molecule has 1 aliphatic heterocycles. The number of nitrogens with zero attached hydrogens (tertiary/aromatic N) is 1. The van der Waals surface area contributed by atoms with Crippen LogP contribution in [0.1, 0.15) is 44.2 Å². The van der Waals surface area contributed by atoms with Gasteiger partial charge in [-0.1, -0.05) is 19.8 Å². The second kappa shape index (κ2) is 9.13. The summed E-state index contributed by atoms with van der Waals surface area (Å²) in [4.78, 5) is 15.2. The normalized spacial score (nSPS) is 16.7. The molecule has 4 nitrogen and oxygen atoms in total. The lowest BCUT2D eigenvalue weighted by atomic mass is 10.0. The van der Waals surface area contributed by atoms with Gasteiger partial charge < -0.3 is 15.3 Å². The van der Waals surface area contributed by atoms with Gasteiger partial charge in [0.05, 0.1) is 12.6 Å². The summed E-state index contributed by atoms with van der Waals surface area (Å²) in [5.74, 6) is 0.625. The van der Waals surface area contributed by atoms with Crippen molar-refractivity contribution in [2.45, 2.75) is 43.5 Å². The van der Waals surface area contributed by atoms with E-state index in [0.717, 1.165) is 41.9 Å². The summed E-state index contributed by atoms with van der Waals surface area (Å²) in [6.07, 6.45) is 3.86. The first kappa shape index (κ1) is 18.1. The van der Waals surface area contributed by atoms with Crippen LogP contribution in [0.25, 0.3) is 0 Å². The summed E-state index contributed by atoms with van der Waals surface area (Å²) in [5.41, 5.74) is 0.854. The first-order chi connectivity index (χ1) is 11.2. The lowest BCUT2D eigenvalue weighted by Gasteiger charge is -2.29. The van der Waals surface area contributed by atoms with Crippen LogP contribution in [0.4, 0.5) is 9.18 Å². The van der Waals surface area contributed by atoms with Crippen LogP contribution in [-0.2, 0) is 0 Å². The number of urea groups is 1. The molecule has 0 radical (unpaired) electrons. The Morgan fingerprint density at radius 3 is 3.00 bits per heavy atom. The van der Waals surface area contributed by atoms with Gasteiger partial charge in [0, 0.05) is 23.7 Å². The number of hydrogen-bond donors (Lipinski definition) is 2. The Labute approximate surface area is 141 Å². The lowest BCUT2D eigenvalue weighted by Crippen LogP contribution is -2.44. The Morgan fingerprint density at radius 1 is 1.43 bits per heavy atom. The number of benzene rings is 1. The van der Waals surface area contributed by atoms with Crippen molar-refractivity contribution < 1.29 is 14.3 Å². The minimum absolute atomic E-state index is 0.0503. The zero-order chi connectivity index (χ0) is 16.7. The van der Waals surface area contributed by atoms with Crippen LogP contribution in [0.5, 0.6) is 0 Å². The molecule has 1 unspecified atom stereocenters. The quantitative estimate of drug-likeness (QED) is 0.746. The van der Waals surface area contributed by atoms with Crippen LogP contribution in [-0.4, -0.2) is 41.5 Å². The van der Waals surface area contributed by atoms with Crippen LogP contribution < -0.4 is 5.32 Å². The van der Waals surface area contributed by atoms with Crippen molar-refractivity contribution in [2.24, 2.45) is 0 Å². The number of halogens is 1. The molecule has 2 N–H and O–H groups in total. The highest BCUT2D eigenvalue weighted by atomic mass is 32.2. The molecule has 0 spiro atoms. The molecule has 2 amide bonds. The van der Waals surface area contributed by atoms with Gasteiger partial charge in [-0.15, -0.1) is 11.8 Å². The largest absolute Gasteiger partial charge is 0.395 e. The van der Waals surface area contributed by atoms with Gasteiger partial charge in [-0.3, -0.25) is 0 Å². The number of amides is 2. The van der Waals surface area contributed by atoms with Gasteiger partial charge in [0.25, 0.3) is 0 Å². The van der Waals surface area contributed by atoms with Crippen molar-refractivity contribution in [2.75, 3.05) is 25.4 Å². The molecule has 23 heavy (non-hydrogen) atoms. The number of hydrogen-bond acceptors (Lipinski definition) is 3. The van der Waals surface area contributed by atoms with Gasteiger partial charge in [0.15, 0.2) is 0 Å². The number of aliphatic hydroxyl groups excluding tert-OH is 1. The molecule has 0 fully saturated rings. The number of nitrogens with one attached hydrogen (secondary N) is 1. The van der Waals surface area contributed by atoms with E-state index in [1.165, 1.54) is 12.1 Å². The molecule has 128 valence electrons. The van der Waals surface area contributed by atoms with Crippen LogP contribution in [0.15, 0.2) is 23.1 Å². The summed E-state index contributed by atoms with van der Waals surface area (Å²) in [7, 11) is 0. The predicted molar refractivity (Wildman–Crippen MR) is 91.2 cm³/mol. The first-order valence-electron chi connectivity index (χ1n) is 8.24. The SMILES string of the molecule is CCCCCN(CCO)C(=O)NC1CCSc2ccc(F)cc21. The van der Waals surface area contributed by atoms with E-state index >= 15 is 0 Å². The van der Waals surface area contributed by atoms with E-state index < -0.39 is 0 Å². The maximum absolute atomic E-state index is 13.5. The van der Waals surface area contributed by atoms with Crippen molar-refractivity contribution in [3.05, 3.63) is 29.6 Å². The van der Waals surface area contributed by atoms with E-state index in [-0.39, 0.29) is 24.5 Å². The fourth-order valence-electron chi connectivity index (χ4n) is 2.74. The van der Waals surface area contributed by atoms with E-state index in [1.54, 1.807) is 22.7 Å². The fraction of sp³-hybridized carbons (Fsp3) is 0.588. The van der Waals surface area contributed by atoms with E-state index in [2.05, 4.69) is 12.2 Å². The maximum Gasteiger partial charge on any atom is 0.317 e. The summed E-state index contributed by atoms with van der Waals surface area (Å²) in [6, 6.07) is 4.41. The van der Waals surface area contributed by atoms with E-state index in [1.807, 2.05) is 0 Å². The molecular weight excluding hydrogens is 315 g/mol. The zero-order valence-electron chi connectivity index (χ0n) is 13.6. The molecule has 0 aromatic heterocycles. The predicted octanol–water partition coefficient (Wildman–Crippen LogP) is 3.56. The summed E-state index contributed by atoms with van der Waals surface area (Å²) in [5, 5.41) is 12.2. The number of carbonyl (C=O) groups excluding carboxylic acids is 1. The fourth-order valence-corrected chi connectivity index (χ4v) is 3.85. The van der Waals surface area contributed by atoms with Crippen molar-refractivity contribution in [1.29, 1.82) is 0 Å². The summed E-state index contributed by atoms with van der Waals surface area (Å²) >= 11 is 1.69. The molecule has 0 aliphatic carbocycles. The average Bonchev–Trinajstić information content (AvgIpc) is 2.54. The van der Waals surface area contributed by atoms with E-state index in [9.17, 15) is 9.18 Å². The maximum atomic E-state index is 13.5. The average molecular weight is 340 g/mol. The standard InChI is InChI=1S/C17H25FN2O2S/c1-2-3-4-8-20(9-10-21)17(22)19-15-7-11-23-16-6-5-13(18)12-14(15)16/h5-6,12,15,21H,2-4,7-11H2,1H3,(H,19,22). The Kier molecular flexibility index (Phi) is 7.17. The van der Waals surface area contributed by atoms with E-state index in [4.69, 9.17) is 5.11 Å². The van der Waals surface area contributed by atoms with Crippen LogP contribution in [0.3, 0.4) is 0 Å². The molecule has 1 aromatic carbocycles. The third kappa shape index (κ3) is 5.11. The van der Waals surface area contributed by atoms with Gasteiger partial charge in [-0.05, 0) is 36.6 Å². The number of rotatable bonds is 7. The smallest absolute Gasteiger partial charge is 0.317 e. The molecule has 0 saturated heterocycles. The molecule has 0 bridgehead atoms. The van der Waals surface area contributed by atoms with Gasteiger partial charge in [0.1, 0.15) is 5.82 Å². The van der Waals surface area contributed by atoms with Crippen LogP contribution >= 0.6 is 11.8 Å². The highest BCUT2D eigenvalue weighted by Gasteiger charge is 2.24. The van der Waals surface area contributed by atoms with E-state index in [0.29, 0.717) is 13.1 Å². The minimum Gasteiger partial charge on any atom is -0.395 e. The third-order valence-electron chi connectivity index (χ3n) is 4.00. The summed E-state index contributed by atoms with van der Waals surface area (Å²) in [6.45, 7) is 3.03. The number of aliphatic hydroxyl groups is 1. The molecule has 6 heteroatoms. The molecule has 1 atom stereocenters. The second-order valence-electron chi connectivity index (χ2n) is 5.74. The first-order valence-corrected chi connectivity index (χ1v) is 9.22. The third-order valence-corrected chi connectivity index (χ3v) is 5.12. The van der Waals surface area contributed by atoms with Crippen LogP contribution in [0.2, 0.25) is 0 Å². The van der Waals surface area contributed by atoms with Gasteiger partial charge in [-0.2, -0.15) is 0 Å². The molecule has 1 heterocycles. The molecule has 2 rings (SSSR count). The highest BCUT2D eigenvalue weighted by molar-refractivity contribution is 7.99. The molecular formula is C17H25FN2O2S. The van der Waals surface area contributed by atoms with Crippen molar-refractivity contribution >= 4 is 17.8 Å². The number of carbonyl (C=O) groups is 1. The lowest BCUT2D eigenvalue weighted by molar-refractivity contribution is 0.172. The van der Waals surface area contributed by atoms with Gasteiger partial charge in [-0.25, -0.2) is 9.18 Å².